The molecule has 0 aliphatic carbocycles. The smallest absolute Gasteiger partial charge is 0.191 e. The predicted molar refractivity (Wildman–Crippen MR) is 138 cm³/mol. The van der Waals surface area contributed by atoms with Gasteiger partial charge >= 0.3 is 0 Å². The second-order valence-corrected chi connectivity index (χ2v) is 8.35. The number of likely N-dealkylation sites (tertiary alicyclic amines) is 1. The Bertz CT molecular complexity index is 773. The fourth-order valence-electron chi connectivity index (χ4n) is 3.55. The van der Waals surface area contributed by atoms with E-state index in [0.29, 0.717) is 19.1 Å². The van der Waals surface area contributed by atoms with Crippen LogP contribution in [0.15, 0.2) is 59.4 Å². The molecule has 1 aliphatic rings. The average Bonchev–Trinajstić information content (AvgIpc) is 3.27. The van der Waals surface area contributed by atoms with Crippen LogP contribution in [-0.2, 0) is 13.1 Å². The molecule has 0 spiro atoms. The van der Waals surface area contributed by atoms with Crippen molar-refractivity contribution in [3.8, 4) is 5.75 Å². The highest BCUT2D eigenvalue weighted by molar-refractivity contribution is 14.0. The van der Waals surface area contributed by atoms with E-state index in [2.05, 4.69) is 50.7 Å². The van der Waals surface area contributed by atoms with Crippen molar-refractivity contribution in [2.75, 3.05) is 33.3 Å². The van der Waals surface area contributed by atoms with E-state index in [4.69, 9.17) is 4.74 Å². The van der Waals surface area contributed by atoms with Crippen LogP contribution in [0, 0.1) is 5.92 Å². The molecule has 2 aromatic rings. The Balaban J connectivity index is 0.00000320. The summed E-state index contributed by atoms with van der Waals surface area (Å²) in [7, 11) is 1.82. The second-order valence-electron chi connectivity index (χ2n) is 7.31. The molecule has 5 nitrogen and oxygen atoms in total. The third-order valence-electron chi connectivity index (χ3n) is 5.22. The number of piperidine rings is 1. The lowest BCUT2D eigenvalue weighted by atomic mass is 9.97. The maximum Gasteiger partial charge on any atom is 0.191 e. The second kappa shape index (κ2) is 13.7. The molecule has 0 radical (unpaired) electrons. The molecule has 0 bridgehead atoms. The number of para-hydroxylation sites is 1. The molecule has 2 N–H and O–H groups in total. The first-order chi connectivity index (χ1) is 14.3. The maximum atomic E-state index is 5.73. The van der Waals surface area contributed by atoms with Gasteiger partial charge in [0.25, 0.3) is 0 Å². The van der Waals surface area contributed by atoms with Gasteiger partial charge in [-0.15, -0.1) is 35.3 Å². The number of rotatable bonds is 9. The molecule has 3 rings (SSSR count). The Labute approximate surface area is 201 Å². The molecular formula is C23H33IN4OS. The number of hydrogen-bond donors (Lipinski definition) is 2. The standard InChI is InChI=1S/C23H32N4OS.HI/c1-3-14-28-22-9-5-4-7-20(22)17-26-23(24-2)25-16-19-10-12-27(13-11-19)18-21-8-6-15-29-21;/h3-9,15,19H,1,10-14,16-18H2,2H3,(H2,24,25,26);1H. The largest absolute Gasteiger partial charge is 0.489 e. The first kappa shape index (κ1) is 24.7. The Hall–Kier alpha value is -1.58. The van der Waals surface area contributed by atoms with Gasteiger partial charge in [0.05, 0.1) is 0 Å². The SMILES string of the molecule is C=CCOc1ccccc1CNC(=NC)NCC1CCN(Cc2cccs2)CC1.I. The van der Waals surface area contributed by atoms with E-state index in [-0.39, 0.29) is 24.0 Å². The molecule has 1 fully saturated rings. The number of halogens is 1. The number of hydrogen-bond acceptors (Lipinski definition) is 4. The lowest BCUT2D eigenvalue weighted by Crippen LogP contribution is -2.42. The quantitative estimate of drug-likeness (QED) is 0.213. The van der Waals surface area contributed by atoms with Gasteiger partial charge in [-0.1, -0.05) is 36.9 Å². The molecule has 1 saturated heterocycles. The van der Waals surface area contributed by atoms with Crippen LogP contribution in [0.1, 0.15) is 23.3 Å². The highest BCUT2D eigenvalue weighted by atomic mass is 127. The van der Waals surface area contributed by atoms with Gasteiger partial charge in [-0.25, -0.2) is 0 Å². The number of thiophene rings is 1. The Kier molecular flexibility index (Phi) is 11.2. The molecule has 1 aliphatic heterocycles. The van der Waals surface area contributed by atoms with Crippen molar-refractivity contribution in [2.24, 2.45) is 10.9 Å². The van der Waals surface area contributed by atoms with E-state index >= 15 is 0 Å². The van der Waals surface area contributed by atoms with Crippen molar-refractivity contribution < 1.29 is 4.74 Å². The molecule has 7 heteroatoms. The minimum absolute atomic E-state index is 0. The lowest BCUT2D eigenvalue weighted by molar-refractivity contribution is 0.179. The van der Waals surface area contributed by atoms with Gasteiger partial charge < -0.3 is 15.4 Å². The summed E-state index contributed by atoms with van der Waals surface area (Å²) >= 11 is 1.85. The fourth-order valence-corrected chi connectivity index (χ4v) is 4.30. The topological polar surface area (TPSA) is 48.9 Å². The summed E-state index contributed by atoms with van der Waals surface area (Å²) < 4.78 is 5.73. The van der Waals surface area contributed by atoms with Crippen molar-refractivity contribution in [3.63, 3.8) is 0 Å². The van der Waals surface area contributed by atoms with Crippen molar-refractivity contribution in [1.29, 1.82) is 0 Å². The summed E-state index contributed by atoms with van der Waals surface area (Å²) in [4.78, 5) is 8.40. The highest BCUT2D eigenvalue weighted by Crippen LogP contribution is 2.20. The van der Waals surface area contributed by atoms with Gasteiger partial charge in [-0.2, -0.15) is 0 Å². The van der Waals surface area contributed by atoms with Crippen molar-refractivity contribution >= 4 is 41.3 Å². The minimum Gasteiger partial charge on any atom is -0.489 e. The van der Waals surface area contributed by atoms with Gasteiger partial charge in [-0.3, -0.25) is 9.89 Å². The van der Waals surface area contributed by atoms with Gasteiger partial charge in [0.1, 0.15) is 12.4 Å². The number of aliphatic imine (C=N–C) groups is 1. The van der Waals surface area contributed by atoms with Crippen LogP contribution in [0.4, 0.5) is 0 Å². The van der Waals surface area contributed by atoms with E-state index in [9.17, 15) is 0 Å². The molecular weight excluding hydrogens is 507 g/mol. The molecule has 0 saturated carbocycles. The number of ether oxygens (including phenoxy) is 1. The Morgan fingerprint density at radius 1 is 1.23 bits per heavy atom. The van der Waals surface area contributed by atoms with Gasteiger partial charge in [0.15, 0.2) is 5.96 Å². The van der Waals surface area contributed by atoms with E-state index in [1.54, 1.807) is 6.08 Å². The molecule has 1 aromatic heterocycles. The summed E-state index contributed by atoms with van der Waals surface area (Å²) in [5.74, 6) is 2.41. The summed E-state index contributed by atoms with van der Waals surface area (Å²) in [5.41, 5.74) is 1.11. The van der Waals surface area contributed by atoms with E-state index < -0.39 is 0 Å². The van der Waals surface area contributed by atoms with Crippen molar-refractivity contribution in [2.45, 2.75) is 25.9 Å². The number of nitrogens with zero attached hydrogens (tertiary/aromatic N) is 2. The molecule has 30 heavy (non-hydrogen) atoms. The maximum absolute atomic E-state index is 5.73. The minimum atomic E-state index is 0. The number of benzene rings is 1. The Morgan fingerprint density at radius 3 is 2.73 bits per heavy atom. The van der Waals surface area contributed by atoms with Crippen LogP contribution in [0.2, 0.25) is 0 Å². The van der Waals surface area contributed by atoms with E-state index in [1.807, 2.05) is 36.6 Å². The van der Waals surface area contributed by atoms with Crippen LogP contribution in [0.25, 0.3) is 0 Å². The predicted octanol–water partition coefficient (Wildman–Crippen LogP) is 4.51. The van der Waals surface area contributed by atoms with Crippen LogP contribution in [0.3, 0.4) is 0 Å². The first-order valence-electron chi connectivity index (χ1n) is 10.3. The normalized spacial score (nSPS) is 15.3. The summed E-state index contributed by atoms with van der Waals surface area (Å²) in [6, 6.07) is 12.4. The number of nitrogens with one attached hydrogen (secondary N) is 2. The third kappa shape index (κ3) is 7.92. The van der Waals surface area contributed by atoms with Crippen LogP contribution >= 0.6 is 35.3 Å². The van der Waals surface area contributed by atoms with Crippen LogP contribution in [-0.4, -0.2) is 44.1 Å². The first-order valence-corrected chi connectivity index (χ1v) is 11.2. The highest BCUT2D eigenvalue weighted by Gasteiger charge is 2.19. The third-order valence-corrected chi connectivity index (χ3v) is 6.09. The summed E-state index contributed by atoms with van der Waals surface area (Å²) in [6.45, 7) is 9.29. The molecule has 0 atom stereocenters. The average molecular weight is 541 g/mol. The van der Waals surface area contributed by atoms with Gasteiger partial charge in [0.2, 0.25) is 0 Å². The monoisotopic (exact) mass is 540 g/mol. The lowest BCUT2D eigenvalue weighted by Gasteiger charge is -2.32. The molecule has 2 heterocycles. The molecule has 0 amide bonds. The van der Waals surface area contributed by atoms with Crippen LogP contribution < -0.4 is 15.4 Å². The van der Waals surface area contributed by atoms with E-state index in [1.165, 1.54) is 30.8 Å². The Morgan fingerprint density at radius 2 is 2.03 bits per heavy atom. The number of guanidine groups is 1. The summed E-state index contributed by atoms with van der Waals surface area (Å²) in [6.07, 6.45) is 4.22. The zero-order valence-electron chi connectivity index (χ0n) is 17.7. The van der Waals surface area contributed by atoms with Gasteiger partial charge in [0, 0.05) is 37.1 Å². The summed E-state index contributed by atoms with van der Waals surface area (Å²) in [5, 5.41) is 9.06. The van der Waals surface area contributed by atoms with E-state index in [0.717, 1.165) is 30.4 Å². The van der Waals surface area contributed by atoms with Crippen molar-refractivity contribution in [3.05, 3.63) is 64.9 Å². The van der Waals surface area contributed by atoms with Gasteiger partial charge in [-0.05, 0) is 49.4 Å². The molecule has 0 unspecified atom stereocenters. The van der Waals surface area contributed by atoms with Crippen LogP contribution in [0.5, 0.6) is 5.75 Å². The fraction of sp³-hybridized carbons (Fsp3) is 0.435. The molecule has 1 aromatic carbocycles. The van der Waals surface area contributed by atoms with Crippen molar-refractivity contribution in [1.82, 2.24) is 15.5 Å². The zero-order chi connectivity index (χ0) is 20.3. The molecule has 164 valence electrons. The zero-order valence-corrected chi connectivity index (χ0v) is 20.8.